The maximum absolute atomic E-state index is 11.9. The molecule has 4 nitrogen and oxygen atoms in total. The van der Waals surface area contributed by atoms with E-state index in [4.69, 9.17) is 4.74 Å². The average Bonchev–Trinajstić information content (AvgIpc) is 2.41. The molecule has 5 heteroatoms. The van der Waals surface area contributed by atoms with Crippen LogP contribution < -0.4 is 4.74 Å². The highest BCUT2D eigenvalue weighted by molar-refractivity contribution is 7.52. The number of ether oxygens (including phenoxy) is 1. The van der Waals surface area contributed by atoms with Gasteiger partial charge in [0.05, 0.1) is 0 Å². The fourth-order valence-electron chi connectivity index (χ4n) is 1.87. The van der Waals surface area contributed by atoms with Crippen molar-refractivity contribution in [1.82, 2.24) is 0 Å². The van der Waals surface area contributed by atoms with Crippen molar-refractivity contribution in [2.45, 2.75) is 19.2 Å². The maximum Gasteiger partial charge on any atom is 0.373 e. The molecule has 0 saturated heterocycles. The summed E-state index contributed by atoms with van der Waals surface area (Å²) in [4.78, 5) is 19.4. The summed E-state index contributed by atoms with van der Waals surface area (Å²) in [6.07, 6.45) is 0. The Bertz CT molecular complexity index is 618. The first-order valence-electron chi connectivity index (χ1n) is 6.20. The zero-order valence-corrected chi connectivity index (χ0v) is 12.2. The Balaban J connectivity index is 2.44. The molecule has 1 atom stereocenters. The van der Waals surface area contributed by atoms with Crippen LogP contribution in [0.5, 0.6) is 5.75 Å². The van der Waals surface area contributed by atoms with Crippen LogP contribution in [-0.4, -0.2) is 9.79 Å². The quantitative estimate of drug-likeness (QED) is 0.847. The first-order chi connectivity index (χ1) is 9.33. The Morgan fingerprint density at radius 2 is 1.55 bits per heavy atom. The normalized spacial score (nSPS) is 14.6. The predicted molar refractivity (Wildman–Crippen MR) is 77.6 cm³/mol. The van der Waals surface area contributed by atoms with E-state index < -0.39 is 12.9 Å². The molecular formula is C15H17O4P. The lowest BCUT2D eigenvalue weighted by Crippen LogP contribution is -2.29. The summed E-state index contributed by atoms with van der Waals surface area (Å²) in [5.41, 5.74) is 1.49. The average molecular weight is 292 g/mol. The summed E-state index contributed by atoms with van der Waals surface area (Å²) < 4.78 is 17.5. The van der Waals surface area contributed by atoms with Crippen LogP contribution in [0.3, 0.4) is 0 Å². The number of hydrogen-bond acceptors (Lipinski definition) is 2. The minimum Gasteiger partial charge on any atom is -0.470 e. The monoisotopic (exact) mass is 292 g/mol. The molecule has 106 valence electrons. The molecule has 2 aromatic carbocycles. The van der Waals surface area contributed by atoms with Crippen molar-refractivity contribution >= 4 is 7.60 Å². The Labute approximate surface area is 118 Å². The Morgan fingerprint density at radius 3 is 2.05 bits per heavy atom. The van der Waals surface area contributed by atoms with E-state index in [0.717, 1.165) is 5.56 Å². The molecule has 2 N–H and O–H groups in total. The number of hydrogen-bond donors (Lipinski definition) is 2. The van der Waals surface area contributed by atoms with Gasteiger partial charge in [0.25, 0.3) is 0 Å². The zero-order chi connectivity index (χ0) is 14.8. The van der Waals surface area contributed by atoms with E-state index in [-0.39, 0.29) is 0 Å². The summed E-state index contributed by atoms with van der Waals surface area (Å²) in [5.74, 6) is 0.422. The van der Waals surface area contributed by atoms with Crippen LogP contribution in [0.15, 0.2) is 54.6 Å². The first-order valence-corrected chi connectivity index (χ1v) is 7.81. The molecule has 0 spiro atoms. The minimum absolute atomic E-state index is 0.422. The van der Waals surface area contributed by atoms with E-state index in [1.807, 2.05) is 19.1 Å². The summed E-state index contributed by atoms with van der Waals surface area (Å²) in [6, 6.07) is 15.6. The van der Waals surface area contributed by atoms with Gasteiger partial charge in [0.15, 0.2) is 0 Å². The molecular weight excluding hydrogens is 275 g/mol. The molecule has 0 aliphatic heterocycles. The van der Waals surface area contributed by atoms with Gasteiger partial charge in [-0.2, -0.15) is 0 Å². The zero-order valence-electron chi connectivity index (χ0n) is 11.4. The number of rotatable bonds is 4. The lowest BCUT2D eigenvalue weighted by atomic mass is 10.1. The van der Waals surface area contributed by atoms with Crippen LogP contribution in [0, 0.1) is 6.92 Å². The van der Waals surface area contributed by atoms with Crippen molar-refractivity contribution in [3.63, 3.8) is 0 Å². The van der Waals surface area contributed by atoms with Crippen LogP contribution in [0.1, 0.15) is 18.1 Å². The van der Waals surface area contributed by atoms with Crippen molar-refractivity contribution < 1.29 is 19.1 Å². The van der Waals surface area contributed by atoms with Gasteiger partial charge in [0, 0.05) is 5.56 Å². The highest BCUT2D eigenvalue weighted by atomic mass is 31.2. The smallest absolute Gasteiger partial charge is 0.373 e. The Morgan fingerprint density at radius 1 is 1.00 bits per heavy atom. The Kier molecular flexibility index (Phi) is 4.00. The van der Waals surface area contributed by atoms with Gasteiger partial charge in [-0.3, -0.25) is 4.57 Å². The van der Waals surface area contributed by atoms with E-state index in [1.54, 1.807) is 42.5 Å². The third-order valence-electron chi connectivity index (χ3n) is 3.20. The first kappa shape index (κ1) is 14.8. The highest BCUT2D eigenvalue weighted by Gasteiger charge is 2.46. The lowest BCUT2D eigenvalue weighted by Gasteiger charge is -2.31. The van der Waals surface area contributed by atoms with Crippen molar-refractivity contribution in [3.8, 4) is 5.75 Å². The van der Waals surface area contributed by atoms with Gasteiger partial charge >= 0.3 is 7.60 Å². The Hall–Kier alpha value is -1.61. The van der Waals surface area contributed by atoms with Crippen LogP contribution in [0.25, 0.3) is 0 Å². The van der Waals surface area contributed by atoms with Gasteiger partial charge in [0.2, 0.25) is 5.34 Å². The van der Waals surface area contributed by atoms with Crippen molar-refractivity contribution in [2.75, 3.05) is 0 Å². The third-order valence-corrected chi connectivity index (χ3v) is 4.66. The molecule has 0 aromatic heterocycles. The molecule has 0 aliphatic carbocycles. The SMILES string of the molecule is Cc1ccc(OC(C)(c2ccccc2)P(=O)(O)O)cc1. The van der Waals surface area contributed by atoms with Crippen LogP contribution in [0.4, 0.5) is 0 Å². The molecule has 0 heterocycles. The molecule has 0 bridgehead atoms. The fraction of sp³-hybridized carbons (Fsp3) is 0.200. The van der Waals surface area contributed by atoms with Crippen LogP contribution >= 0.6 is 7.60 Å². The summed E-state index contributed by atoms with van der Waals surface area (Å²) in [7, 11) is -4.51. The number of benzene rings is 2. The van der Waals surface area contributed by atoms with E-state index in [2.05, 4.69) is 0 Å². The molecule has 0 fully saturated rings. The third kappa shape index (κ3) is 2.93. The molecule has 0 radical (unpaired) electrons. The lowest BCUT2D eigenvalue weighted by molar-refractivity contribution is 0.134. The molecule has 20 heavy (non-hydrogen) atoms. The van der Waals surface area contributed by atoms with Crippen LogP contribution in [-0.2, 0) is 9.91 Å². The number of aryl methyl sites for hydroxylation is 1. The fourth-order valence-corrected chi connectivity index (χ4v) is 2.58. The van der Waals surface area contributed by atoms with Gasteiger partial charge in [0.1, 0.15) is 5.75 Å². The second-order valence-corrected chi connectivity index (χ2v) is 6.75. The van der Waals surface area contributed by atoms with Crippen molar-refractivity contribution in [1.29, 1.82) is 0 Å². The van der Waals surface area contributed by atoms with Crippen molar-refractivity contribution in [2.24, 2.45) is 0 Å². The standard InChI is InChI=1S/C15H17O4P/c1-12-8-10-14(11-9-12)19-15(2,20(16,17)18)13-6-4-3-5-7-13/h3-11H,1-2H3,(H2,16,17,18). The second-order valence-electron chi connectivity index (χ2n) is 4.81. The minimum atomic E-state index is -4.51. The summed E-state index contributed by atoms with van der Waals surface area (Å²) in [5, 5.41) is -1.70. The molecule has 0 aliphatic rings. The van der Waals surface area contributed by atoms with Gasteiger partial charge in [-0.05, 0) is 26.0 Å². The molecule has 2 aromatic rings. The topological polar surface area (TPSA) is 66.8 Å². The maximum atomic E-state index is 11.9. The van der Waals surface area contributed by atoms with E-state index in [0.29, 0.717) is 11.3 Å². The summed E-state index contributed by atoms with van der Waals surface area (Å²) in [6.45, 7) is 3.34. The molecule has 1 unspecified atom stereocenters. The predicted octanol–water partition coefficient (Wildman–Crippen LogP) is 3.42. The second kappa shape index (κ2) is 5.41. The largest absolute Gasteiger partial charge is 0.470 e. The molecule has 0 saturated carbocycles. The van der Waals surface area contributed by atoms with E-state index in [1.165, 1.54) is 6.92 Å². The summed E-state index contributed by atoms with van der Waals surface area (Å²) >= 11 is 0. The van der Waals surface area contributed by atoms with Gasteiger partial charge in [-0.25, -0.2) is 0 Å². The molecule has 2 rings (SSSR count). The molecule has 0 amide bonds. The van der Waals surface area contributed by atoms with E-state index >= 15 is 0 Å². The van der Waals surface area contributed by atoms with Gasteiger partial charge < -0.3 is 14.5 Å². The van der Waals surface area contributed by atoms with Crippen LogP contribution in [0.2, 0.25) is 0 Å². The highest BCUT2D eigenvalue weighted by Crippen LogP contribution is 2.57. The van der Waals surface area contributed by atoms with Gasteiger partial charge in [-0.1, -0.05) is 48.0 Å². The van der Waals surface area contributed by atoms with Gasteiger partial charge in [-0.15, -0.1) is 0 Å². The van der Waals surface area contributed by atoms with E-state index in [9.17, 15) is 14.4 Å². The van der Waals surface area contributed by atoms with Crippen molar-refractivity contribution in [3.05, 3.63) is 65.7 Å².